The van der Waals surface area contributed by atoms with Gasteiger partial charge in [-0.2, -0.15) is 0 Å². The Bertz CT molecular complexity index is 237. The second-order valence-corrected chi connectivity index (χ2v) is 3.51. The molecule has 0 bridgehead atoms. The predicted molar refractivity (Wildman–Crippen MR) is 47.0 cm³/mol. The molecule has 0 saturated carbocycles. The minimum Gasteiger partial charge on any atom is -0.264 e. The van der Waals surface area contributed by atoms with E-state index in [-0.39, 0.29) is 0 Å². The first kappa shape index (κ1) is 7.13. The fourth-order valence-corrected chi connectivity index (χ4v) is 1.85. The summed E-state index contributed by atoms with van der Waals surface area (Å²) >= 11 is 1.79. The maximum absolute atomic E-state index is 4.09. The summed E-state index contributed by atoms with van der Waals surface area (Å²) in [7, 11) is 0. The molecule has 0 unspecified atom stereocenters. The number of aromatic nitrogens is 1. The van der Waals surface area contributed by atoms with Crippen LogP contribution >= 0.6 is 11.9 Å². The average molecular weight is 166 g/mol. The monoisotopic (exact) mass is 166 g/mol. The molecule has 58 valence electrons. The molecule has 0 aliphatic carbocycles. The molecule has 2 nitrogen and oxygen atoms in total. The van der Waals surface area contributed by atoms with Gasteiger partial charge in [0.25, 0.3) is 0 Å². The summed E-state index contributed by atoms with van der Waals surface area (Å²) in [5.74, 6) is 0. The van der Waals surface area contributed by atoms with Gasteiger partial charge in [0, 0.05) is 25.5 Å². The van der Waals surface area contributed by atoms with Gasteiger partial charge in [-0.3, -0.25) is 4.98 Å². The minimum absolute atomic E-state index is 1.05. The third-order valence-corrected chi connectivity index (χ3v) is 2.73. The molecule has 1 aromatic heterocycles. The second kappa shape index (κ2) is 2.83. The smallest absolute Gasteiger partial charge is 0.0362 e. The highest BCUT2D eigenvalue weighted by Gasteiger charge is 2.16. The van der Waals surface area contributed by atoms with Crippen LogP contribution < -0.4 is 0 Å². The highest BCUT2D eigenvalue weighted by Crippen LogP contribution is 2.25. The van der Waals surface area contributed by atoms with E-state index >= 15 is 0 Å². The Morgan fingerprint density at radius 3 is 3.00 bits per heavy atom. The van der Waals surface area contributed by atoms with E-state index < -0.39 is 0 Å². The van der Waals surface area contributed by atoms with Gasteiger partial charge in [-0.25, -0.2) is 4.31 Å². The molecule has 0 amide bonds. The molecule has 1 aliphatic rings. The Hall–Kier alpha value is -0.540. The Morgan fingerprint density at radius 2 is 2.27 bits per heavy atom. The number of hydrogen-bond donors (Lipinski definition) is 0. The molecule has 2 rings (SSSR count). The Labute approximate surface area is 70.8 Å². The molecule has 1 aliphatic heterocycles. The molecule has 0 saturated heterocycles. The molecule has 0 atom stereocenters. The molecule has 0 spiro atoms. The van der Waals surface area contributed by atoms with Crippen molar-refractivity contribution in [3.05, 3.63) is 29.6 Å². The lowest BCUT2D eigenvalue weighted by Crippen LogP contribution is -2.03. The summed E-state index contributed by atoms with van der Waals surface area (Å²) in [6, 6.07) is 2.10. The van der Waals surface area contributed by atoms with Crippen LogP contribution in [0, 0.1) is 0 Å². The second-order valence-electron chi connectivity index (χ2n) is 2.62. The number of hydrogen-bond acceptors (Lipinski definition) is 3. The summed E-state index contributed by atoms with van der Waals surface area (Å²) < 4.78 is 2.33. The quantitative estimate of drug-likeness (QED) is 0.590. The van der Waals surface area contributed by atoms with Crippen LogP contribution in [0.5, 0.6) is 0 Å². The molecule has 11 heavy (non-hydrogen) atoms. The van der Waals surface area contributed by atoms with E-state index in [4.69, 9.17) is 0 Å². The zero-order valence-electron chi connectivity index (χ0n) is 6.45. The van der Waals surface area contributed by atoms with Crippen LogP contribution in [-0.2, 0) is 13.1 Å². The molecule has 0 radical (unpaired) electrons. The largest absolute Gasteiger partial charge is 0.264 e. The zero-order valence-corrected chi connectivity index (χ0v) is 7.27. The highest BCUT2D eigenvalue weighted by atomic mass is 32.2. The Balaban J connectivity index is 2.27. The first-order valence-corrected chi connectivity index (χ1v) is 4.79. The number of rotatable bonds is 1. The van der Waals surface area contributed by atoms with Gasteiger partial charge >= 0.3 is 0 Å². The van der Waals surface area contributed by atoms with Crippen molar-refractivity contribution in [3.63, 3.8) is 0 Å². The summed E-state index contributed by atoms with van der Waals surface area (Å²) in [5, 5.41) is 0. The SMILES string of the molecule is CSN1Cc2ccncc2C1. The first-order valence-electron chi connectivity index (χ1n) is 3.61. The van der Waals surface area contributed by atoms with Gasteiger partial charge < -0.3 is 0 Å². The van der Waals surface area contributed by atoms with Gasteiger partial charge in [0.2, 0.25) is 0 Å². The normalized spacial score (nSPS) is 16.8. The number of fused-ring (bicyclic) bond motifs is 1. The lowest BCUT2D eigenvalue weighted by Gasteiger charge is -2.07. The van der Waals surface area contributed by atoms with E-state index in [9.17, 15) is 0 Å². The third-order valence-electron chi connectivity index (χ3n) is 1.96. The summed E-state index contributed by atoms with van der Waals surface area (Å²) in [5.41, 5.74) is 2.80. The molecular formula is C8H10N2S. The lowest BCUT2D eigenvalue weighted by molar-refractivity contribution is 0.511. The molecule has 1 aromatic rings. The van der Waals surface area contributed by atoms with Crippen molar-refractivity contribution < 1.29 is 0 Å². The molecule has 0 aromatic carbocycles. The first-order chi connectivity index (χ1) is 5.40. The summed E-state index contributed by atoms with van der Waals surface area (Å²) in [4.78, 5) is 4.09. The third kappa shape index (κ3) is 1.26. The summed E-state index contributed by atoms with van der Waals surface area (Å²) in [6.45, 7) is 2.11. The lowest BCUT2D eigenvalue weighted by atomic mass is 10.2. The topological polar surface area (TPSA) is 16.1 Å². The van der Waals surface area contributed by atoms with Crippen LogP contribution in [-0.4, -0.2) is 15.5 Å². The summed E-state index contributed by atoms with van der Waals surface area (Å²) in [6.07, 6.45) is 5.94. The predicted octanol–water partition coefficient (Wildman–Crippen LogP) is 1.68. The maximum Gasteiger partial charge on any atom is 0.0362 e. The van der Waals surface area contributed by atoms with Gasteiger partial charge in [0.1, 0.15) is 0 Å². The minimum atomic E-state index is 1.05. The standard InChI is InChI=1S/C8H10N2S/c1-11-10-5-7-2-3-9-4-8(7)6-10/h2-4H,5-6H2,1H3. The van der Waals surface area contributed by atoms with Crippen molar-refractivity contribution in [2.75, 3.05) is 6.26 Å². The molecule has 3 heteroatoms. The average Bonchev–Trinajstić information content (AvgIpc) is 2.46. The number of nitrogens with zero attached hydrogens (tertiary/aromatic N) is 2. The fraction of sp³-hybridized carbons (Fsp3) is 0.375. The van der Waals surface area contributed by atoms with Gasteiger partial charge in [-0.05, 0) is 23.4 Å². The van der Waals surface area contributed by atoms with Crippen molar-refractivity contribution in [2.45, 2.75) is 13.1 Å². The van der Waals surface area contributed by atoms with Crippen molar-refractivity contribution in [2.24, 2.45) is 0 Å². The number of pyridine rings is 1. The van der Waals surface area contributed by atoms with Crippen molar-refractivity contribution in [1.82, 2.24) is 9.29 Å². The van der Waals surface area contributed by atoms with Crippen LogP contribution in [0.15, 0.2) is 18.5 Å². The van der Waals surface area contributed by atoms with Crippen molar-refractivity contribution in [3.8, 4) is 0 Å². The van der Waals surface area contributed by atoms with Crippen molar-refractivity contribution in [1.29, 1.82) is 0 Å². The van der Waals surface area contributed by atoms with E-state index in [2.05, 4.69) is 21.6 Å². The van der Waals surface area contributed by atoms with Gasteiger partial charge in [-0.1, -0.05) is 11.9 Å². The van der Waals surface area contributed by atoms with E-state index in [1.54, 1.807) is 11.9 Å². The van der Waals surface area contributed by atoms with Gasteiger partial charge in [0.15, 0.2) is 0 Å². The van der Waals surface area contributed by atoms with Gasteiger partial charge in [0.05, 0.1) is 0 Å². The van der Waals surface area contributed by atoms with Crippen LogP contribution in [0.2, 0.25) is 0 Å². The van der Waals surface area contributed by atoms with Crippen molar-refractivity contribution >= 4 is 11.9 Å². The Kier molecular flexibility index (Phi) is 1.84. The highest BCUT2D eigenvalue weighted by molar-refractivity contribution is 7.96. The van der Waals surface area contributed by atoms with Crippen LogP contribution in [0.1, 0.15) is 11.1 Å². The van der Waals surface area contributed by atoms with Crippen LogP contribution in [0.3, 0.4) is 0 Å². The Morgan fingerprint density at radius 1 is 1.45 bits per heavy atom. The van der Waals surface area contributed by atoms with E-state index in [0.717, 1.165) is 13.1 Å². The van der Waals surface area contributed by atoms with E-state index in [1.165, 1.54) is 11.1 Å². The maximum atomic E-state index is 4.09. The zero-order chi connectivity index (χ0) is 7.68. The molecular weight excluding hydrogens is 156 g/mol. The van der Waals surface area contributed by atoms with Crippen LogP contribution in [0.4, 0.5) is 0 Å². The van der Waals surface area contributed by atoms with Crippen LogP contribution in [0.25, 0.3) is 0 Å². The van der Waals surface area contributed by atoms with E-state index in [1.807, 2.05) is 12.4 Å². The van der Waals surface area contributed by atoms with E-state index in [0.29, 0.717) is 0 Å². The molecule has 2 heterocycles. The fourth-order valence-electron chi connectivity index (χ4n) is 1.32. The van der Waals surface area contributed by atoms with Gasteiger partial charge in [-0.15, -0.1) is 0 Å². The molecule has 0 fully saturated rings. The molecule has 0 N–H and O–H groups in total.